The van der Waals surface area contributed by atoms with E-state index in [1.54, 1.807) is 55.9 Å². The van der Waals surface area contributed by atoms with Gasteiger partial charge in [0.2, 0.25) is 5.91 Å². The summed E-state index contributed by atoms with van der Waals surface area (Å²) in [5.41, 5.74) is 1.16. The van der Waals surface area contributed by atoms with Crippen molar-refractivity contribution in [3.05, 3.63) is 59.8 Å². The highest BCUT2D eigenvalue weighted by Gasteiger charge is 2.39. The summed E-state index contributed by atoms with van der Waals surface area (Å²) in [7, 11) is 1.63. The van der Waals surface area contributed by atoms with E-state index in [4.69, 9.17) is 9.47 Å². The van der Waals surface area contributed by atoms with Crippen LogP contribution in [0.25, 0.3) is 0 Å². The Bertz CT molecular complexity index is 839. The third-order valence-corrected chi connectivity index (χ3v) is 4.36. The van der Waals surface area contributed by atoms with E-state index in [1.807, 2.05) is 6.07 Å². The van der Waals surface area contributed by atoms with Gasteiger partial charge in [-0.05, 0) is 30.2 Å². The molecule has 0 aliphatic carbocycles. The van der Waals surface area contributed by atoms with Crippen molar-refractivity contribution in [3.8, 4) is 0 Å². The summed E-state index contributed by atoms with van der Waals surface area (Å²) in [6, 6.07) is 12.3. The topological polar surface area (TPSA) is 81.1 Å². The molecular weight excluding hydrogens is 358 g/mol. The monoisotopic (exact) mass is 381 g/mol. The Kier molecular flexibility index (Phi) is 7.00. The standard InChI is InChI=1S/C21H23N3O4/c1-27-13-14-28-12-6-10-22-15-18-16-7-2-3-8-17(16)20(25)24(21(18)26)19-9-4-5-11-23-19/h2-5,7-9,11,15,18H,6,10,12-14H2,1H3. The maximum Gasteiger partial charge on any atom is 0.266 e. The van der Waals surface area contributed by atoms with Gasteiger partial charge in [0.15, 0.2) is 0 Å². The third-order valence-electron chi connectivity index (χ3n) is 4.36. The fraction of sp³-hybridized carbons (Fsp3) is 0.333. The minimum absolute atomic E-state index is 0.317. The lowest BCUT2D eigenvalue weighted by Gasteiger charge is -2.30. The predicted octanol–water partition coefficient (Wildman–Crippen LogP) is 2.48. The van der Waals surface area contributed by atoms with Gasteiger partial charge in [0, 0.05) is 38.2 Å². The van der Waals surface area contributed by atoms with Crippen molar-refractivity contribution in [2.45, 2.75) is 12.3 Å². The van der Waals surface area contributed by atoms with E-state index in [9.17, 15) is 9.59 Å². The number of aromatic nitrogens is 1. The molecule has 0 saturated heterocycles. The average molecular weight is 381 g/mol. The van der Waals surface area contributed by atoms with E-state index in [0.717, 1.165) is 11.3 Å². The first-order valence-corrected chi connectivity index (χ1v) is 9.19. The summed E-state index contributed by atoms with van der Waals surface area (Å²) in [6.07, 6.45) is 3.92. The van der Waals surface area contributed by atoms with Gasteiger partial charge in [0.05, 0.1) is 19.1 Å². The van der Waals surface area contributed by atoms with Crippen LogP contribution in [0.4, 0.5) is 5.82 Å². The molecule has 1 aromatic carbocycles. The van der Waals surface area contributed by atoms with E-state index >= 15 is 0 Å². The second-order valence-corrected chi connectivity index (χ2v) is 6.25. The molecule has 1 unspecified atom stereocenters. The second-order valence-electron chi connectivity index (χ2n) is 6.25. The maximum absolute atomic E-state index is 13.1. The molecule has 1 aliphatic rings. The molecule has 1 aliphatic heterocycles. The third kappa shape index (κ3) is 4.49. The Hall–Kier alpha value is -2.90. The number of aliphatic imine (C=N–C) groups is 1. The van der Waals surface area contributed by atoms with Gasteiger partial charge in [-0.1, -0.05) is 24.3 Å². The van der Waals surface area contributed by atoms with E-state index in [1.165, 1.54) is 0 Å². The van der Waals surface area contributed by atoms with Crippen LogP contribution in [0.2, 0.25) is 0 Å². The van der Waals surface area contributed by atoms with E-state index in [0.29, 0.717) is 43.3 Å². The Morgan fingerprint density at radius 3 is 2.71 bits per heavy atom. The van der Waals surface area contributed by atoms with Crippen molar-refractivity contribution in [3.63, 3.8) is 0 Å². The quantitative estimate of drug-likeness (QED) is 0.379. The van der Waals surface area contributed by atoms with Crippen molar-refractivity contribution in [1.29, 1.82) is 0 Å². The first kappa shape index (κ1) is 19.9. The number of rotatable bonds is 9. The van der Waals surface area contributed by atoms with Crippen LogP contribution in [0.5, 0.6) is 0 Å². The van der Waals surface area contributed by atoms with Gasteiger partial charge in [-0.2, -0.15) is 0 Å². The lowest BCUT2D eigenvalue weighted by molar-refractivity contribution is -0.118. The zero-order valence-electron chi connectivity index (χ0n) is 15.8. The second kappa shape index (κ2) is 9.87. The van der Waals surface area contributed by atoms with Crippen molar-refractivity contribution >= 4 is 23.8 Å². The molecule has 2 aromatic rings. The summed E-state index contributed by atoms with van der Waals surface area (Å²) in [4.78, 5) is 35.6. The van der Waals surface area contributed by atoms with Crippen LogP contribution in [0.3, 0.4) is 0 Å². The lowest BCUT2D eigenvalue weighted by Crippen LogP contribution is -2.45. The minimum Gasteiger partial charge on any atom is -0.382 e. The number of imide groups is 1. The van der Waals surface area contributed by atoms with Crippen molar-refractivity contribution in [1.82, 2.24) is 4.98 Å². The van der Waals surface area contributed by atoms with Gasteiger partial charge in [-0.15, -0.1) is 0 Å². The Labute approximate surface area is 164 Å². The molecule has 0 saturated carbocycles. The molecule has 7 nitrogen and oxygen atoms in total. The van der Waals surface area contributed by atoms with E-state index in [2.05, 4.69) is 9.98 Å². The summed E-state index contributed by atoms with van der Waals surface area (Å²) in [5, 5.41) is 0. The van der Waals surface area contributed by atoms with Crippen LogP contribution < -0.4 is 4.90 Å². The van der Waals surface area contributed by atoms with E-state index < -0.39 is 5.92 Å². The molecule has 1 atom stereocenters. The van der Waals surface area contributed by atoms with Crippen LogP contribution in [-0.4, -0.2) is 56.5 Å². The molecule has 146 valence electrons. The molecular formula is C21H23N3O4. The number of benzene rings is 1. The summed E-state index contributed by atoms with van der Waals surface area (Å²) in [6.45, 7) is 2.23. The molecule has 0 radical (unpaired) electrons. The van der Waals surface area contributed by atoms with Crippen LogP contribution in [-0.2, 0) is 14.3 Å². The Balaban J connectivity index is 1.74. The highest BCUT2D eigenvalue weighted by Crippen LogP contribution is 2.30. The highest BCUT2D eigenvalue weighted by molar-refractivity contribution is 6.28. The van der Waals surface area contributed by atoms with Crippen LogP contribution in [0.1, 0.15) is 28.3 Å². The van der Waals surface area contributed by atoms with Gasteiger partial charge >= 0.3 is 0 Å². The first-order chi connectivity index (χ1) is 13.7. The van der Waals surface area contributed by atoms with Gasteiger partial charge in [0.25, 0.3) is 5.91 Å². The molecule has 2 heterocycles. The fourth-order valence-electron chi connectivity index (χ4n) is 2.98. The lowest BCUT2D eigenvalue weighted by atomic mass is 9.89. The predicted molar refractivity (Wildman–Crippen MR) is 106 cm³/mol. The number of carbonyl (C=O) groups is 2. The van der Waals surface area contributed by atoms with Gasteiger partial charge in [0.1, 0.15) is 5.82 Å². The van der Waals surface area contributed by atoms with Gasteiger partial charge in [-0.3, -0.25) is 14.6 Å². The summed E-state index contributed by atoms with van der Waals surface area (Å²) < 4.78 is 10.3. The number of ether oxygens (including phenoxy) is 2. The average Bonchev–Trinajstić information content (AvgIpc) is 2.73. The number of hydrogen-bond acceptors (Lipinski definition) is 6. The summed E-state index contributed by atoms with van der Waals surface area (Å²) in [5.74, 6) is -1.01. The highest BCUT2D eigenvalue weighted by atomic mass is 16.5. The number of hydrogen-bond donors (Lipinski definition) is 0. The smallest absolute Gasteiger partial charge is 0.266 e. The number of carbonyl (C=O) groups excluding carboxylic acids is 2. The molecule has 3 rings (SSSR count). The largest absolute Gasteiger partial charge is 0.382 e. The van der Waals surface area contributed by atoms with Crippen molar-refractivity contribution in [2.24, 2.45) is 4.99 Å². The Morgan fingerprint density at radius 2 is 1.93 bits per heavy atom. The van der Waals surface area contributed by atoms with Crippen LogP contribution in [0, 0.1) is 0 Å². The fourth-order valence-corrected chi connectivity index (χ4v) is 2.98. The zero-order valence-corrected chi connectivity index (χ0v) is 15.8. The van der Waals surface area contributed by atoms with Gasteiger partial charge < -0.3 is 9.47 Å². The van der Waals surface area contributed by atoms with Gasteiger partial charge in [-0.25, -0.2) is 9.88 Å². The number of methoxy groups -OCH3 is 1. The molecule has 0 bridgehead atoms. The number of pyridine rings is 1. The number of nitrogens with zero attached hydrogens (tertiary/aromatic N) is 3. The molecule has 0 N–H and O–H groups in total. The SMILES string of the molecule is COCCOCCCN=CC1C(=O)N(c2ccccn2)C(=O)c2ccccc21. The normalized spacial score (nSPS) is 16.6. The Morgan fingerprint density at radius 1 is 1.11 bits per heavy atom. The van der Waals surface area contributed by atoms with Crippen LogP contribution >= 0.6 is 0 Å². The number of amides is 2. The summed E-state index contributed by atoms with van der Waals surface area (Å²) >= 11 is 0. The minimum atomic E-state index is -0.620. The van der Waals surface area contributed by atoms with Crippen molar-refractivity contribution < 1.29 is 19.1 Å². The molecule has 28 heavy (non-hydrogen) atoms. The number of fused-ring (bicyclic) bond motifs is 1. The number of anilines is 1. The molecule has 2 amide bonds. The molecule has 0 spiro atoms. The van der Waals surface area contributed by atoms with E-state index in [-0.39, 0.29) is 11.8 Å². The molecule has 1 aromatic heterocycles. The maximum atomic E-state index is 13.1. The van der Waals surface area contributed by atoms with Crippen LogP contribution in [0.15, 0.2) is 53.7 Å². The van der Waals surface area contributed by atoms with Crippen molar-refractivity contribution in [2.75, 3.05) is 38.4 Å². The molecule has 7 heteroatoms. The molecule has 0 fully saturated rings. The zero-order chi connectivity index (χ0) is 19.8. The first-order valence-electron chi connectivity index (χ1n) is 9.19.